The second-order valence-electron chi connectivity index (χ2n) is 3.98. The number of carboxylic acid groups (broad SMARTS) is 1. The van der Waals surface area contributed by atoms with Gasteiger partial charge in [-0.05, 0) is 38.1 Å². The van der Waals surface area contributed by atoms with Crippen molar-refractivity contribution in [2.24, 2.45) is 0 Å². The largest absolute Gasteiger partial charge is 0.477 e. The first-order valence-corrected chi connectivity index (χ1v) is 6.40. The summed E-state index contributed by atoms with van der Waals surface area (Å²) in [4.78, 5) is 12.1. The highest BCUT2D eigenvalue weighted by molar-refractivity contribution is 7.19. The van der Waals surface area contributed by atoms with E-state index in [-0.39, 0.29) is 6.04 Å². The number of carbonyl (C=O) groups is 1. The number of rotatable bonds is 3. The van der Waals surface area contributed by atoms with Gasteiger partial charge in [0.25, 0.3) is 0 Å². The topological polar surface area (TPSA) is 42.2 Å². The Morgan fingerprint density at radius 1 is 1.35 bits per heavy atom. The molecule has 0 fully saturated rings. The quantitative estimate of drug-likeness (QED) is 0.909. The van der Waals surface area contributed by atoms with E-state index in [2.05, 4.69) is 0 Å². The van der Waals surface area contributed by atoms with Gasteiger partial charge < -0.3 is 9.67 Å². The molecule has 0 aliphatic rings. The highest BCUT2D eigenvalue weighted by Gasteiger charge is 2.18. The molecule has 5 heteroatoms. The molecule has 0 saturated carbocycles. The van der Waals surface area contributed by atoms with E-state index in [1.165, 1.54) is 11.3 Å². The first-order chi connectivity index (χ1) is 8.00. The third kappa shape index (κ3) is 2.23. The van der Waals surface area contributed by atoms with Gasteiger partial charge in [0.1, 0.15) is 5.69 Å². The van der Waals surface area contributed by atoms with E-state index in [0.717, 1.165) is 10.6 Å². The Kier molecular flexibility index (Phi) is 3.26. The van der Waals surface area contributed by atoms with Crippen molar-refractivity contribution in [3.05, 3.63) is 34.3 Å². The van der Waals surface area contributed by atoms with Gasteiger partial charge in [-0.2, -0.15) is 0 Å². The predicted molar refractivity (Wildman–Crippen MR) is 70.1 cm³/mol. The second-order valence-corrected chi connectivity index (χ2v) is 5.69. The summed E-state index contributed by atoms with van der Waals surface area (Å²) in [5.74, 6) is -0.910. The summed E-state index contributed by atoms with van der Waals surface area (Å²) < 4.78 is 2.51. The molecule has 0 saturated heterocycles. The molecular weight excluding hydrogens is 258 g/mol. The van der Waals surface area contributed by atoms with Crippen molar-refractivity contribution in [3.63, 3.8) is 0 Å². The number of aromatic carboxylic acids is 1. The van der Waals surface area contributed by atoms with Crippen LogP contribution in [-0.4, -0.2) is 15.6 Å². The Labute approximate surface area is 108 Å². The number of hydrogen-bond donors (Lipinski definition) is 1. The molecule has 0 bridgehead atoms. The van der Waals surface area contributed by atoms with Gasteiger partial charge in [0.2, 0.25) is 0 Å². The normalized spacial score (nSPS) is 11.1. The predicted octanol–water partition coefficient (Wildman–Crippen LogP) is 4.15. The first kappa shape index (κ1) is 12.2. The SMILES string of the molecule is CC(C)n1c(C(=O)O)ccc1-c1ccc(Cl)s1. The Morgan fingerprint density at radius 2 is 2.06 bits per heavy atom. The van der Waals surface area contributed by atoms with E-state index < -0.39 is 5.97 Å². The average molecular weight is 270 g/mol. The molecular formula is C12H12ClNO2S. The van der Waals surface area contributed by atoms with Crippen LogP contribution in [0.15, 0.2) is 24.3 Å². The third-order valence-corrected chi connectivity index (χ3v) is 3.73. The van der Waals surface area contributed by atoms with Gasteiger partial charge in [-0.25, -0.2) is 4.79 Å². The molecule has 0 spiro atoms. The molecule has 0 aliphatic heterocycles. The van der Waals surface area contributed by atoms with Crippen molar-refractivity contribution in [3.8, 4) is 10.6 Å². The lowest BCUT2D eigenvalue weighted by Crippen LogP contribution is -2.11. The molecule has 0 radical (unpaired) electrons. The molecule has 90 valence electrons. The summed E-state index contributed by atoms with van der Waals surface area (Å²) >= 11 is 7.35. The molecule has 0 amide bonds. The van der Waals surface area contributed by atoms with Gasteiger partial charge in [-0.1, -0.05) is 11.6 Å². The van der Waals surface area contributed by atoms with Crippen molar-refractivity contribution in [1.29, 1.82) is 0 Å². The van der Waals surface area contributed by atoms with E-state index in [1.54, 1.807) is 6.07 Å². The summed E-state index contributed by atoms with van der Waals surface area (Å²) in [6.45, 7) is 3.93. The van der Waals surface area contributed by atoms with E-state index in [1.807, 2.05) is 36.6 Å². The monoisotopic (exact) mass is 269 g/mol. The van der Waals surface area contributed by atoms with Crippen LogP contribution in [0.5, 0.6) is 0 Å². The van der Waals surface area contributed by atoms with E-state index in [9.17, 15) is 4.79 Å². The number of carboxylic acids is 1. The van der Waals surface area contributed by atoms with E-state index >= 15 is 0 Å². The minimum Gasteiger partial charge on any atom is -0.477 e. The molecule has 2 heterocycles. The van der Waals surface area contributed by atoms with Crippen LogP contribution < -0.4 is 0 Å². The van der Waals surface area contributed by atoms with Crippen molar-refractivity contribution < 1.29 is 9.90 Å². The van der Waals surface area contributed by atoms with Crippen molar-refractivity contribution in [1.82, 2.24) is 4.57 Å². The van der Waals surface area contributed by atoms with Crippen molar-refractivity contribution in [2.75, 3.05) is 0 Å². The molecule has 0 atom stereocenters. The van der Waals surface area contributed by atoms with E-state index in [4.69, 9.17) is 16.7 Å². The molecule has 2 aromatic rings. The molecule has 0 aliphatic carbocycles. The van der Waals surface area contributed by atoms with E-state index in [0.29, 0.717) is 10.0 Å². The van der Waals surface area contributed by atoms with Crippen LogP contribution in [0.4, 0.5) is 0 Å². The fraction of sp³-hybridized carbons (Fsp3) is 0.250. The summed E-state index contributed by atoms with van der Waals surface area (Å²) in [6, 6.07) is 7.27. The first-order valence-electron chi connectivity index (χ1n) is 5.21. The van der Waals surface area contributed by atoms with Gasteiger partial charge in [0.05, 0.1) is 14.9 Å². The highest BCUT2D eigenvalue weighted by atomic mass is 35.5. The maximum atomic E-state index is 11.1. The summed E-state index contributed by atoms with van der Waals surface area (Å²) in [7, 11) is 0. The van der Waals surface area contributed by atoms with Crippen molar-refractivity contribution in [2.45, 2.75) is 19.9 Å². The van der Waals surface area contributed by atoms with Crippen LogP contribution in [0.1, 0.15) is 30.4 Å². The van der Waals surface area contributed by atoms with Gasteiger partial charge >= 0.3 is 5.97 Å². The zero-order chi connectivity index (χ0) is 12.6. The number of halogens is 1. The molecule has 0 aromatic carbocycles. The molecule has 1 N–H and O–H groups in total. The van der Waals surface area contributed by atoms with Gasteiger partial charge in [0, 0.05) is 6.04 Å². The zero-order valence-corrected chi connectivity index (χ0v) is 11.0. The van der Waals surface area contributed by atoms with Crippen LogP contribution >= 0.6 is 22.9 Å². The number of hydrogen-bond acceptors (Lipinski definition) is 2. The standard InChI is InChI=1S/C12H12ClNO2S/c1-7(2)14-8(3-4-9(14)12(15)16)10-5-6-11(13)17-10/h3-7H,1-2H3,(H,15,16). The lowest BCUT2D eigenvalue weighted by Gasteiger charge is -2.14. The minimum absolute atomic E-state index is 0.0898. The lowest BCUT2D eigenvalue weighted by molar-refractivity contribution is 0.0683. The molecule has 2 aromatic heterocycles. The molecule has 17 heavy (non-hydrogen) atoms. The number of nitrogens with zero attached hydrogens (tertiary/aromatic N) is 1. The van der Waals surface area contributed by atoms with Crippen LogP contribution in [0.25, 0.3) is 10.6 Å². The number of thiophene rings is 1. The summed E-state index contributed by atoms with van der Waals surface area (Å²) in [6.07, 6.45) is 0. The van der Waals surface area contributed by atoms with Crippen LogP contribution in [0.2, 0.25) is 4.34 Å². The fourth-order valence-corrected chi connectivity index (χ4v) is 2.90. The van der Waals surface area contributed by atoms with Gasteiger partial charge in [-0.15, -0.1) is 11.3 Å². The lowest BCUT2D eigenvalue weighted by atomic mass is 10.3. The maximum Gasteiger partial charge on any atom is 0.352 e. The smallest absolute Gasteiger partial charge is 0.352 e. The fourth-order valence-electron chi connectivity index (χ4n) is 1.83. The third-order valence-electron chi connectivity index (χ3n) is 2.48. The van der Waals surface area contributed by atoms with Crippen molar-refractivity contribution >= 4 is 28.9 Å². The highest BCUT2D eigenvalue weighted by Crippen LogP contribution is 2.33. The van der Waals surface area contributed by atoms with Gasteiger partial charge in [0.15, 0.2) is 0 Å². The second kappa shape index (κ2) is 4.55. The Morgan fingerprint density at radius 3 is 2.53 bits per heavy atom. The summed E-state index contributed by atoms with van der Waals surface area (Å²) in [5.41, 5.74) is 1.20. The Balaban J connectivity index is 2.59. The average Bonchev–Trinajstić information content (AvgIpc) is 2.82. The Hall–Kier alpha value is -1.26. The number of aromatic nitrogens is 1. The summed E-state index contributed by atoms with van der Waals surface area (Å²) in [5, 5.41) is 9.14. The Bertz CT molecular complexity index is 557. The maximum absolute atomic E-state index is 11.1. The molecule has 2 rings (SSSR count). The van der Waals surface area contributed by atoms with Crippen LogP contribution in [-0.2, 0) is 0 Å². The zero-order valence-electron chi connectivity index (χ0n) is 9.48. The molecule has 3 nitrogen and oxygen atoms in total. The van der Waals surface area contributed by atoms with Crippen LogP contribution in [0, 0.1) is 0 Å². The molecule has 0 unspecified atom stereocenters. The van der Waals surface area contributed by atoms with Gasteiger partial charge in [-0.3, -0.25) is 0 Å². The van der Waals surface area contributed by atoms with Crippen LogP contribution in [0.3, 0.4) is 0 Å². The minimum atomic E-state index is -0.910.